The van der Waals surface area contributed by atoms with Gasteiger partial charge in [-0.25, -0.2) is 14.4 Å². The molecule has 0 bridgehead atoms. The van der Waals surface area contributed by atoms with E-state index in [1.54, 1.807) is 24.5 Å². The Morgan fingerprint density at radius 2 is 1.97 bits per heavy atom. The molecule has 9 nitrogen and oxygen atoms in total. The van der Waals surface area contributed by atoms with Crippen molar-refractivity contribution >= 4 is 35.0 Å². The molecule has 1 aliphatic rings. The summed E-state index contributed by atoms with van der Waals surface area (Å²) < 4.78 is 19.4. The summed E-state index contributed by atoms with van der Waals surface area (Å²) in [4.78, 5) is 20.7. The fraction of sp³-hybridized carbons (Fsp3) is 0.304. The highest BCUT2D eigenvalue weighted by atomic mass is 19.1. The molecular weight excluding hydrogens is 425 g/mol. The van der Waals surface area contributed by atoms with Crippen molar-refractivity contribution < 1.29 is 14.2 Å². The van der Waals surface area contributed by atoms with Gasteiger partial charge >= 0.3 is 0 Å². The zero-order valence-electron chi connectivity index (χ0n) is 18.6. The van der Waals surface area contributed by atoms with Crippen LogP contribution in [0, 0.1) is 5.82 Å². The fourth-order valence-electron chi connectivity index (χ4n) is 3.34. The lowest BCUT2D eigenvalue weighted by atomic mass is 10.2. The molecule has 0 aliphatic carbocycles. The minimum absolute atomic E-state index is 0.185. The molecule has 2 N–H and O–H groups in total. The number of benzene rings is 1. The second-order valence-electron chi connectivity index (χ2n) is 7.75. The van der Waals surface area contributed by atoms with Gasteiger partial charge in [0.15, 0.2) is 11.6 Å². The number of aliphatic imine (C=N–C) groups is 1. The second-order valence-corrected chi connectivity index (χ2v) is 7.75. The summed E-state index contributed by atoms with van der Waals surface area (Å²) in [5.41, 5.74) is 3.25. The average molecular weight is 452 g/mol. The van der Waals surface area contributed by atoms with E-state index in [9.17, 15) is 9.50 Å². The highest BCUT2D eigenvalue weighted by Gasteiger charge is 2.17. The molecule has 33 heavy (non-hydrogen) atoms. The highest BCUT2D eigenvalue weighted by molar-refractivity contribution is 5.68. The van der Waals surface area contributed by atoms with Crippen molar-refractivity contribution in [1.82, 2.24) is 15.0 Å². The summed E-state index contributed by atoms with van der Waals surface area (Å²) >= 11 is 0. The van der Waals surface area contributed by atoms with Crippen LogP contribution in [-0.4, -0.2) is 66.7 Å². The molecule has 0 unspecified atom stereocenters. The van der Waals surface area contributed by atoms with E-state index in [2.05, 4.69) is 25.3 Å². The normalized spacial score (nSPS) is 14.0. The maximum absolute atomic E-state index is 14.1. The lowest BCUT2D eigenvalue weighted by Gasteiger charge is -2.27. The van der Waals surface area contributed by atoms with Crippen LogP contribution in [-0.2, 0) is 11.2 Å². The van der Waals surface area contributed by atoms with Crippen LogP contribution in [0.25, 0.3) is 0 Å². The van der Waals surface area contributed by atoms with Gasteiger partial charge in [-0.1, -0.05) is 0 Å². The minimum Gasteiger partial charge on any atom is -0.508 e. The molecule has 2 aromatic heterocycles. The Morgan fingerprint density at radius 3 is 2.70 bits per heavy atom. The first kappa shape index (κ1) is 22.4. The lowest BCUT2D eigenvalue weighted by molar-refractivity contribution is 0.122. The third-order valence-electron chi connectivity index (χ3n) is 5.06. The van der Waals surface area contributed by atoms with Crippen LogP contribution in [0.1, 0.15) is 5.69 Å². The van der Waals surface area contributed by atoms with Gasteiger partial charge in [-0.3, -0.25) is 4.98 Å². The summed E-state index contributed by atoms with van der Waals surface area (Å²) in [5, 5.41) is 13.2. The smallest absolute Gasteiger partial charge is 0.251 e. The molecule has 1 saturated heterocycles. The number of aromatic hydroxyl groups is 1. The number of nitrogens with one attached hydrogen (secondary N) is 1. The third kappa shape index (κ3) is 5.92. The van der Waals surface area contributed by atoms with Crippen molar-refractivity contribution in [2.75, 3.05) is 55.5 Å². The molecule has 172 valence electrons. The molecular formula is C23H26FN7O2. The first-order valence-electron chi connectivity index (χ1n) is 10.6. The van der Waals surface area contributed by atoms with Crippen molar-refractivity contribution in [2.24, 2.45) is 4.99 Å². The molecule has 1 aromatic carbocycles. The maximum Gasteiger partial charge on any atom is 0.251 e. The monoisotopic (exact) mass is 451 g/mol. The van der Waals surface area contributed by atoms with Gasteiger partial charge in [-0.2, -0.15) is 4.98 Å². The Hall–Kier alpha value is -3.79. The van der Waals surface area contributed by atoms with E-state index < -0.39 is 5.82 Å². The van der Waals surface area contributed by atoms with Crippen LogP contribution < -0.4 is 15.1 Å². The van der Waals surface area contributed by atoms with Crippen molar-refractivity contribution in [3.8, 4) is 5.75 Å². The summed E-state index contributed by atoms with van der Waals surface area (Å²) in [6.07, 6.45) is 4.99. The first-order valence-corrected chi connectivity index (χ1v) is 10.6. The molecule has 1 fully saturated rings. The highest BCUT2D eigenvalue weighted by Crippen LogP contribution is 2.27. The third-order valence-corrected chi connectivity index (χ3v) is 5.06. The molecule has 0 saturated carbocycles. The summed E-state index contributed by atoms with van der Waals surface area (Å²) in [7, 11) is 3.83. The van der Waals surface area contributed by atoms with Crippen LogP contribution in [0.3, 0.4) is 0 Å². The number of pyridine rings is 1. The van der Waals surface area contributed by atoms with Gasteiger partial charge in [0, 0.05) is 69.0 Å². The second kappa shape index (κ2) is 10.2. The van der Waals surface area contributed by atoms with E-state index in [4.69, 9.17) is 4.74 Å². The number of hydrogen-bond donors (Lipinski definition) is 2. The number of anilines is 4. The molecule has 0 atom stereocenters. The molecule has 0 amide bonds. The van der Waals surface area contributed by atoms with Crippen molar-refractivity contribution in [3.05, 3.63) is 54.2 Å². The number of aromatic nitrogens is 3. The molecule has 1 aliphatic heterocycles. The number of halogens is 1. The number of ether oxygens (including phenoxy) is 1. The molecule has 0 spiro atoms. The van der Waals surface area contributed by atoms with Crippen LogP contribution in [0.4, 0.5) is 33.2 Å². The summed E-state index contributed by atoms with van der Waals surface area (Å²) in [5.74, 6) is 0.171. The van der Waals surface area contributed by atoms with Gasteiger partial charge in [0.25, 0.3) is 5.95 Å². The lowest BCUT2D eigenvalue weighted by Crippen LogP contribution is -2.37. The Balaban J connectivity index is 1.38. The van der Waals surface area contributed by atoms with Crippen LogP contribution in [0.5, 0.6) is 5.75 Å². The zero-order chi connectivity index (χ0) is 23.2. The first-order chi connectivity index (χ1) is 16.0. The van der Waals surface area contributed by atoms with Crippen LogP contribution in [0.15, 0.2) is 47.7 Å². The van der Waals surface area contributed by atoms with Crippen molar-refractivity contribution in [1.29, 1.82) is 0 Å². The Morgan fingerprint density at radius 1 is 1.15 bits per heavy atom. The summed E-state index contributed by atoms with van der Waals surface area (Å²) in [6, 6.07) is 9.07. The molecule has 4 rings (SSSR count). The average Bonchev–Trinajstić information content (AvgIpc) is 2.81. The molecule has 10 heteroatoms. The van der Waals surface area contributed by atoms with E-state index in [0.29, 0.717) is 32.7 Å². The molecule has 3 aromatic rings. The van der Waals surface area contributed by atoms with Crippen molar-refractivity contribution in [2.45, 2.75) is 6.42 Å². The zero-order valence-corrected chi connectivity index (χ0v) is 18.6. The topological polar surface area (TPSA) is 99.0 Å². The van der Waals surface area contributed by atoms with E-state index in [1.807, 2.05) is 42.1 Å². The van der Waals surface area contributed by atoms with Gasteiger partial charge in [-0.05, 0) is 18.2 Å². The Bertz CT molecular complexity index is 1120. The quantitative estimate of drug-likeness (QED) is 0.528. The fourth-order valence-corrected chi connectivity index (χ4v) is 3.34. The number of rotatable bonds is 7. The van der Waals surface area contributed by atoms with E-state index in [-0.39, 0.29) is 17.5 Å². The van der Waals surface area contributed by atoms with Gasteiger partial charge in [0.1, 0.15) is 5.75 Å². The standard InChI is InChI=1S/C23H26FN7O2/c1-30(2)19-11-18(12-20(32)13-19)28-17-4-3-16(26-14-17)5-6-25-23-27-15-21(24)22(29-23)31-7-9-33-10-8-31/h3-4,6,11-15,28,32H,5,7-10H2,1-2H3/b25-6+. The van der Waals surface area contributed by atoms with Crippen molar-refractivity contribution in [3.63, 3.8) is 0 Å². The van der Waals surface area contributed by atoms with Gasteiger partial charge in [0.2, 0.25) is 0 Å². The van der Waals surface area contributed by atoms with E-state index >= 15 is 0 Å². The van der Waals surface area contributed by atoms with Gasteiger partial charge < -0.3 is 25.0 Å². The number of phenolic OH excluding ortho intramolecular Hbond substituents is 1. The Labute approximate surface area is 191 Å². The molecule has 0 radical (unpaired) electrons. The molecule has 3 heterocycles. The number of hydrogen-bond acceptors (Lipinski definition) is 9. The Kier molecular flexibility index (Phi) is 6.94. The number of nitrogens with zero attached hydrogens (tertiary/aromatic N) is 6. The minimum atomic E-state index is -0.468. The number of phenols is 1. The SMILES string of the molecule is CN(C)c1cc(O)cc(Nc2ccc(C/C=N/c3ncc(F)c(N4CCOCC4)n3)nc2)c1. The van der Waals surface area contributed by atoms with Crippen LogP contribution >= 0.6 is 0 Å². The van der Waals surface area contributed by atoms with Crippen LogP contribution in [0.2, 0.25) is 0 Å². The van der Waals surface area contributed by atoms with Gasteiger partial charge in [-0.15, -0.1) is 0 Å². The largest absolute Gasteiger partial charge is 0.508 e. The number of morpholine rings is 1. The summed E-state index contributed by atoms with van der Waals surface area (Å²) in [6.45, 7) is 2.25. The van der Waals surface area contributed by atoms with E-state index in [1.165, 1.54) is 0 Å². The van der Waals surface area contributed by atoms with E-state index in [0.717, 1.165) is 29.0 Å². The maximum atomic E-state index is 14.1. The van der Waals surface area contributed by atoms with Gasteiger partial charge in [0.05, 0.1) is 31.3 Å². The predicted octanol–water partition coefficient (Wildman–Crippen LogP) is 3.31. The predicted molar refractivity (Wildman–Crippen MR) is 127 cm³/mol.